The summed E-state index contributed by atoms with van der Waals surface area (Å²) in [6, 6.07) is 33.7. The van der Waals surface area contributed by atoms with E-state index < -0.39 is 0 Å². The van der Waals surface area contributed by atoms with Crippen LogP contribution in [0.2, 0.25) is 0 Å². The van der Waals surface area contributed by atoms with Crippen molar-refractivity contribution < 1.29 is 21.1 Å². The van der Waals surface area contributed by atoms with Gasteiger partial charge >= 0.3 is 0 Å². The number of rotatable bonds is 2. The molecular weight excluding hydrogens is 585 g/mol. The molecule has 0 bridgehead atoms. The molecule has 0 radical (unpaired) electrons. The van der Waals surface area contributed by atoms with Crippen molar-refractivity contribution >= 4 is 49.0 Å². The standard InChI is InChI=1S/C29H20N3.Pt/c1-2-31-26-13-7-5-11-22(26)24-17-19(15-16-27(24)31)25-18-30-32-28-14-8-6-10-21(28)20-9-3-4-12-23(20)29(25)32;/h3-13,15-18H,2H2,1H3;/q-1;. The maximum Gasteiger partial charge on any atom is 0.0790 e. The van der Waals surface area contributed by atoms with Crippen LogP contribution in [0.15, 0.2) is 91.1 Å². The van der Waals surface area contributed by atoms with Crippen LogP contribution in [0.25, 0.3) is 60.1 Å². The topological polar surface area (TPSA) is 22.2 Å². The molecule has 3 heterocycles. The Kier molecular flexibility index (Phi) is 4.64. The number of aryl methyl sites for hydroxylation is 1. The van der Waals surface area contributed by atoms with Crippen molar-refractivity contribution in [2.75, 3.05) is 0 Å². The Morgan fingerprint density at radius 2 is 1.48 bits per heavy atom. The molecule has 0 aliphatic heterocycles. The number of aromatic nitrogens is 3. The van der Waals surface area contributed by atoms with E-state index in [1.807, 2.05) is 22.8 Å². The van der Waals surface area contributed by atoms with E-state index in [-0.39, 0.29) is 21.1 Å². The van der Waals surface area contributed by atoms with E-state index in [0.29, 0.717) is 0 Å². The summed E-state index contributed by atoms with van der Waals surface area (Å²) in [6.45, 7) is 3.16. The first kappa shape index (κ1) is 20.2. The van der Waals surface area contributed by atoms with Crippen LogP contribution in [0.3, 0.4) is 0 Å². The molecule has 7 rings (SSSR count). The predicted octanol–water partition coefficient (Wildman–Crippen LogP) is 7.23. The average molecular weight is 606 g/mol. The molecule has 3 aromatic heterocycles. The number of nitrogens with zero attached hydrogens (tertiary/aromatic N) is 3. The molecule has 7 aromatic rings. The first-order chi connectivity index (χ1) is 15.8. The van der Waals surface area contributed by atoms with E-state index >= 15 is 0 Å². The summed E-state index contributed by atoms with van der Waals surface area (Å²) in [4.78, 5) is 0. The quantitative estimate of drug-likeness (QED) is 0.151. The predicted molar refractivity (Wildman–Crippen MR) is 133 cm³/mol. The van der Waals surface area contributed by atoms with E-state index in [1.165, 1.54) is 43.5 Å². The van der Waals surface area contributed by atoms with Crippen molar-refractivity contribution in [3.63, 3.8) is 0 Å². The molecule has 0 saturated heterocycles. The fourth-order valence-electron chi connectivity index (χ4n) is 5.30. The first-order valence-corrected chi connectivity index (χ1v) is 11.1. The van der Waals surface area contributed by atoms with Gasteiger partial charge in [0.2, 0.25) is 0 Å². The SMILES string of the molecule is CCn1c2ccccc2c2cc(-c3cnn4c5[c-]cccc5c5ccccc5c34)ccc21.[Pt]. The summed E-state index contributed by atoms with van der Waals surface area (Å²) in [6.07, 6.45) is 2.00. The number of hydrogen-bond donors (Lipinski definition) is 0. The monoisotopic (exact) mass is 605 g/mol. The van der Waals surface area contributed by atoms with Crippen LogP contribution in [-0.2, 0) is 27.6 Å². The average Bonchev–Trinajstić information content (AvgIpc) is 3.44. The molecule has 0 aliphatic rings. The minimum atomic E-state index is 0. The first-order valence-electron chi connectivity index (χ1n) is 11.1. The van der Waals surface area contributed by atoms with Crippen molar-refractivity contribution in [3.05, 3.63) is 97.2 Å². The summed E-state index contributed by atoms with van der Waals surface area (Å²) < 4.78 is 4.44. The van der Waals surface area contributed by atoms with Gasteiger partial charge in [0.1, 0.15) is 0 Å². The second kappa shape index (κ2) is 7.57. The van der Waals surface area contributed by atoms with E-state index in [4.69, 9.17) is 5.10 Å². The van der Waals surface area contributed by atoms with Gasteiger partial charge in [-0.25, -0.2) is 0 Å². The van der Waals surface area contributed by atoms with Crippen LogP contribution >= 0.6 is 0 Å². The number of benzene rings is 4. The van der Waals surface area contributed by atoms with E-state index in [0.717, 1.165) is 23.1 Å². The molecule has 3 nitrogen and oxygen atoms in total. The van der Waals surface area contributed by atoms with E-state index in [1.54, 1.807) is 0 Å². The van der Waals surface area contributed by atoms with Gasteiger partial charge in [0, 0.05) is 55.0 Å². The molecule has 0 amide bonds. The number of fused-ring (bicyclic) bond motifs is 9. The summed E-state index contributed by atoms with van der Waals surface area (Å²) >= 11 is 0. The fraction of sp³-hybridized carbons (Fsp3) is 0.0690. The van der Waals surface area contributed by atoms with Gasteiger partial charge in [-0.3, -0.25) is 4.52 Å². The largest absolute Gasteiger partial charge is 0.341 e. The van der Waals surface area contributed by atoms with Gasteiger partial charge in [-0.1, -0.05) is 53.9 Å². The number of para-hydroxylation sites is 2. The molecule has 0 N–H and O–H groups in total. The smallest absolute Gasteiger partial charge is 0.0790 e. The molecule has 0 atom stereocenters. The zero-order chi connectivity index (χ0) is 21.2. The van der Waals surface area contributed by atoms with Crippen molar-refractivity contribution in [2.24, 2.45) is 0 Å². The fourth-order valence-corrected chi connectivity index (χ4v) is 5.30. The Morgan fingerprint density at radius 1 is 0.758 bits per heavy atom. The van der Waals surface area contributed by atoms with Gasteiger partial charge in [0.15, 0.2) is 0 Å². The number of pyridine rings is 1. The maximum atomic E-state index is 4.82. The minimum Gasteiger partial charge on any atom is -0.341 e. The van der Waals surface area contributed by atoms with Gasteiger partial charge in [0.25, 0.3) is 0 Å². The molecule has 0 aliphatic carbocycles. The molecule has 162 valence electrons. The molecule has 4 aromatic carbocycles. The van der Waals surface area contributed by atoms with Crippen LogP contribution in [0, 0.1) is 6.07 Å². The Bertz CT molecular complexity index is 1820. The third-order valence-corrected chi connectivity index (χ3v) is 6.69. The summed E-state index contributed by atoms with van der Waals surface area (Å²) in [5.74, 6) is 0. The van der Waals surface area contributed by atoms with Gasteiger partial charge in [-0.15, -0.1) is 5.39 Å². The van der Waals surface area contributed by atoms with Gasteiger partial charge in [0.05, 0.1) is 11.7 Å². The molecule has 0 unspecified atom stereocenters. The zero-order valence-electron chi connectivity index (χ0n) is 18.0. The zero-order valence-corrected chi connectivity index (χ0v) is 20.3. The Balaban J connectivity index is 0.00000206. The normalized spacial score (nSPS) is 11.7. The second-order valence-electron chi connectivity index (χ2n) is 8.29. The van der Waals surface area contributed by atoms with Crippen molar-refractivity contribution in [1.82, 2.24) is 14.2 Å². The second-order valence-corrected chi connectivity index (χ2v) is 8.29. The molecule has 33 heavy (non-hydrogen) atoms. The summed E-state index contributed by atoms with van der Waals surface area (Å²) in [5.41, 5.74) is 7.04. The summed E-state index contributed by atoms with van der Waals surface area (Å²) in [5, 5.41) is 11.0. The Labute approximate surface area is 205 Å². The molecule has 4 heteroatoms. The molecule has 0 fully saturated rings. The molecular formula is C29H20N3Pt-. The molecule has 0 saturated carbocycles. The Hall–Kier alpha value is -3.42. The van der Waals surface area contributed by atoms with E-state index in [2.05, 4.69) is 90.4 Å². The Morgan fingerprint density at radius 3 is 2.33 bits per heavy atom. The van der Waals surface area contributed by atoms with Gasteiger partial charge < -0.3 is 4.57 Å². The minimum absolute atomic E-state index is 0. The van der Waals surface area contributed by atoms with Crippen LogP contribution in [0.1, 0.15) is 6.92 Å². The number of hydrogen-bond acceptors (Lipinski definition) is 1. The van der Waals surface area contributed by atoms with Gasteiger partial charge in [-0.05, 0) is 41.6 Å². The third kappa shape index (κ3) is 2.76. The van der Waals surface area contributed by atoms with Crippen molar-refractivity contribution in [2.45, 2.75) is 13.5 Å². The van der Waals surface area contributed by atoms with E-state index in [9.17, 15) is 0 Å². The van der Waals surface area contributed by atoms with Crippen molar-refractivity contribution in [1.29, 1.82) is 0 Å². The van der Waals surface area contributed by atoms with Crippen LogP contribution in [0.5, 0.6) is 0 Å². The van der Waals surface area contributed by atoms with Crippen LogP contribution in [0.4, 0.5) is 0 Å². The van der Waals surface area contributed by atoms with Crippen LogP contribution in [-0.4, -0.2) is 14.2 Å². The third-order valence-electron chi connectivity index (χ3n) is 6.69. The maximum absolute atomic E-state index is 4.82. The van der Waals surface area contributed by atoms with Crippen molar-refractivity contribution in [3.8, 4) is 11.1 Å². The molecule has 0 spiro atoms. The van der Waals surface area contributed by atoms with Gasteiger partial charge in [-0.2, -0.15) is 29.4 Å². The van der Waals surface area contributed by atoms with Crippen LogP contribution < -0.4 is 0 Å². The summed E-state index contributed by atoms with van der Waals surface area (Å²) in [7, 11) is 0.